The van der Waals surface area contributed by atoms with Crippen molar-refractivity contribution in [2.45, 2.75) is 102 Å². The van der Waals surface area contributed by atoms with Gasteiger partial charge in [-0.15, -0.1) is 0 Å². The van der Waals surface area contributed by atoms with Crippen LogP contribution in [0.5, 0.6) is 0 Å². The highest BCUT2D eigenvalue weighted by Crippen LogP contribution is 2.47. The summed E-state index contributed by atoms with van der Waals surface area (Å²) in [6, 6.07) is 1.38. The van der Waals surface area contributed by atoms with Crippen LogP contribution in [0.4, 0.5) is 5.69 Å². The molecule has 2 atom stereocenters. The molecule has 0 bridgehead atoms. The predicted octanol–water partition coefficient (Wildman–Crippen LogP) is 5.77. The molecule has 1 aliphatic heterocycles. The standard InChI is InChI=1S/C21H32N2/c1-15-11-12-16(2)23(15)21-19(17-7-3-4-8-17)13-22-14-20(21)18-9-5-6-10-18/h13-18H,3-12H2,1-2H3/t15-,16-/m1/s1. The molecule has 0 amide bonds. The summed E-state index contributed by atoms with van der Waals surface area (Å²) >= 11 is 0. The minimum atomic E-state index is 0.688. The number of hydrogen-bond acceptors (Lipinski definition) is 2. The number of anilines is 1. The zero-order valence-corrected chi connectivity index (χ0v) is 14.9. The first kappa shape index (κ1) is 15.5. The maximum atomic E-state index is 4.73. The molecule has 2 heterocycles. The van der Waals surface area contributed by atoms with Crippen molar-refractivity contribution >= 4 is 5.69 Å². The fourth-order valence-electron chi connectivity index (χ4n) is 5.49. The van der Waals surface area contributed by atoms with Gasteiger partial charge >= 0.3 is 0 Å². The fraction of sp³-hybridized carbons (Fsp3) is 0.762. The molecule has 3 fully saturated rings. The van der Waals surface area contributed by atoms with Crippen molar-refractivity contribution in [3.8, 4) is 0 Å². The highest BCUT2D eigenvalue weighted by Gasteiger charge is 2.35. The van der Waals surface area contributed by atoms with E-state index >= 15 is 0 Å². The molecule has 1 aromatic heterocycles. The van der Waals surface area contributed by atoms with E-state index in [0.29, 0.717) is 12.1 Å². The molecule has 0 N–H and O–H groups in total. The van der Waals surface area contributed by atoms with E-state index in [-0.39, 0.29) is 0 Å². The Hall–Kier alpha value is -1.05. The van der Waals surface area contributed by atoms with Gasteiger partial charge in [0, 0.05) is 30.2 Å². The monoisotopic (exact) mass is 312 g/mol. The van der Waals surface area contributed by atoms with Crippen LogP contribution in [0, 0.1) is 0 Å². The number of hydrogen-bond donors (Lipinski definition) is 0. The Labute approximate surface area is 141 Å². The first-order chi connectivity index (χ1) is 11.3. The van der Waals surface area contributed by atoms with Crippen LogP contribution in [-0.2, 0) is 0 Å². The predicted molar refractivity (Wildman–Crippen MR) is 97.3 cm³/mol. The molecule has 0 unspecified atom stereocenters. The molecule has 0 radical (unpaired) electrons. The Morgan fingerprint density at radius 1 is 0.739 bits per heavy atom. The third-order valence-corrected chi connectivity index (χ3v) is 6.77. The third kappa shape index (κ3) is 2.79. The molecule has 3 aliphatic rings. The van der Waals surface area contributed by atoms with E-state index in [1.54, 1.807) is 16.8 Å². The summed E-state index contributed by atoms with van der Waals surface area (Å²) in [5, 5.41) is 0. The molecule has 1 aromatic rings. The van der Waals surface area contributed by atoms with Gasteiger partial charge in [-0.3, -0.25) is 4.98 Å². The van der Waals surface area contributed by atoms with Gasteiger partial charge in [0.25, 0.3) is 0 Å². The fourth-order valence-corrected chi connectivity index (χ4v) is 5.49. The largest absolute Gasteiger partial charge is 0.366 e. The summed E-state index contributed by atoms with van der Waals surface area (Å²) in [6.45, 7) is 4.86. The zero-order valence-electron chi connectivity index (χ0n) is 14.9. The Kier molecular flexibility index (Phi) is 4.34. The lowest BCUT2D eigenvalue weighted by atomic mass is 9.89. The molecule has 2 nitrogen and oxygen atoms in total. The second kappa shape index (κ2) is 6.45. The Bertz CT molecular complexity index is 497. The van der Waals surface area contributed by atoms with Crippen LogP contribution in [0.25, 0.3) is 0 Å². The molecule has 2 saturated carbocycles. The van der Waals surface area contributed by atoms with Crippen molar-refractivity contribution in [1.29, 1.82) is 0 Å². The molecule has 4 rings (SSSR count). The van der Waals surface area contributed by atoms with Crippen LogP contribution in [0.3, 0.4) is 0 Å². The third-order valence-electron chi connectivity index (χ3n) is 6.77. The van der Waals surface area contributed by atoms with Gasteiger partial charge in [0.2, 0.25) is 0 Å². The summed E-state index contributed by atoms with van der Waals surface area (Å²) in [7, 11) is 0. The van der Waals surface area contributed by atoms with Crippen LogP contribution in [0.1, 0.15) is 101 Å². The average molecular weight is 313 g/mol. The quantitative estimate of drug-likeness (QED) is 0.704. The van der Waals surface area contributed by atoms with Gasteiger partial charge in [0.05, 0.1) is 0 Å². The highest BCUT2D eigenvalue weighted by atomic mass is 15.2. The second-order valence-corrected chi connectivity index (χ2v) is 8.31. The first-order valence-electron chi connectivity index (χ1n) is 10.0. The van der Waals surface area contributed by atoms with Crippen molar-refractivity contribution in [2.75, 3.05) is 4.90 Å². The van der Waals surface area contributed by atoms with Crippen LogP contribution in [-0.4, -0.2) is 17.1 Å². The highest BCUT2D eigenvalue weighted by molar-refractivity contribution is 5.63. The molecule has 2 heteroatoms. The summed E-state index contributed by atoms with van der Waals surface area (Å²) < 4.78 is 0. The van der Waals surface area contributed by atoms with Crippen LogP contribution in [0.2, 0.25) is 0 Å². The number of rotatable bonds is 3. The second-order valence-electron chi connectivity index (χ2n) is 8.31. The topological polar surface area (TPSA) is 16.1 Å². The number of nitrogens with zero attached hydrogens (tertiary/aromatic N) is 2. The van der Waals surface area contributed by atoms with Gasteiger partial charge in [-0.1, -0.05) is 25.7 Å². The number of aromatic nitrogens is 1. The molecular formula is C21H32N2. The SMILES string of the molecule is C[C@@H]1CC[C@@H](C)N1c1c(C2CCCC2)cncc1C1CCCC1. The Balaban J connectivity index is 1.80. The Morgan fingerprint density at radius 2 is 1.17 bits per heavy atom. The van der Waals surface area contributed by atoms with E-state index in [1.165, 1.54) is 64.2 Å². The lowest BCUT2D eigenvalue weighted by Gasteiger charge is -2.35. The maximum absolute atomic E-state index is 4.73. The zero-order chi connectivity index (χ0) is 15.8. The molecule has 2 aliphatic carbocycles. The lowest BCUT2D eigenvalue weighted by molar-refractivity contribution is 0.642. The van der Waals surface area contributed by atoms with Crippen molar-refractivity contribution in [1.82, 2.24) is 4.98 Å². The molecule has 1 saturated heterocycles. The Morgan fingerprint density at radius 3 is 1.61 bits per heavy atom. The van der Waals surface area contributed by atoms with Crippen molar-refractivity contribution in [3.63, 3.8) is 0 Å². The average Bonchev–Trinajstić information content (AvgIpc) is 3.29. The lowest BCUT2D eigenvalue weighted by Crippen LogP contribution is -2.35. The van der Waals surface area contributed by atoms with E-state index in [2.05, 4.69) is 31.1 Å². The van der Waals surface area contributed by atoms with E-state index in [1.807, 2.05) is 0 Å². The summed E-state index contributed by atoms with van der Waals surface area (Å²) in [6.07, 6.45) is 18.3. The van der Waals surface area contributed by atoms with Crippen LogP contribution in [0.15, 0.2) is 12.4 Å². The van der Waals surface area contributed by atoms with Crippen molar-refractivity contribution in [3.05, 3.63) is 23.5 Å². The van der Waals surface area contributed by atoms with Gasteiger partial charge in [0.1, 0.15) is 0 Å². The normalized spacial score (nSPS) is 29.7. The summed E-state index contributed by atoms with van der Waals surface area (Å²) in [5.74, 6) is 1.53. The maximum Gasteiger partial charge on any atom is 0.0472 e. The van der Waals surface area contributed by atoms with E-state index in [9.17, 15) is 0 Å². The number of pyridine rings is 1. The summed E-state index contributed by atoms with van der Waals surface area (Å²) in [4.78, 5) is 7.51. The smallest absolute Gasteiger partial charge is 0.0472 e. The molecule has 23 heavy (non-hydrogen) atoms. The van der Waals surface area contributed by atoms with Gasteiger partial charge in [0.15, 0.2) is 0 Å². The van der Waals surface area contributed by atoms with Gasteiger partial charge in [-0.25, -0.2) is 0 Å². The van der Waals surface area contributed by atoms with E-state index in [0.717, 1.165) is 11.8 Å². The molecule has 0 spiro atoms. The molecular weight excluding hydrogens is 280 g/mol. The molecule has 126 valence electrons. The van der Waals surface area contributed by atoms with E-state index in [4.69, 9.17) is 4.98 Å². The van der Waals surface area contributed by atoms with E-state index < -0.39 is 0 Å². The molecule has 0 aromatic carbocycles. The summed E-state index contributed by atoms with van der Waals surface area (Å²) in [5.41, 5.74) is 4.80. The van der Waals surface area contributed by atoms with Crippen molar-refractivity contribution < 1.29 is 0 Å². The van der Waals surface area contributed by atoms with Crippen LogP contribution >= 0.6 is 0 Å². The minimum absolute atomic E-state index is 0.688. The van der Waals surface area contributed by atoms with Gasteiger partial charge in [-0.05, 0) is 75.3 Å². The van der Waals surface area contributed by atoms with Gasteiger partial charge in [-0.2, -0.15) is 0 Å². The van der Waals surface area contributed by atoms with Crippen molar-refractivity contribution in [2.24, 2.45) is 0 Å². The minimum Gasteiger partial charge on any atom is -0.366 e. The first-order valence-corrected chi connectivity index (χ1v) is 10.0. The van der Waals surface area contributed by atoms with Gasteiger partial charge < -0.3 is 4.90 Å². The van der Waals surface area contributed by atoms with Crippen LogP contribution < -0.4 is 4.90 Å².